The van der Waals surface area contributed by atoms with Crippen molar-refractivity contribution in [2.75, 3.05) is 0 Å². The summed E-state index contributed by atoms with van der Waals surface area (Å²) in [5.74, 6) is -0.546. The van der Waals surface area contributed by atoms with Gasteiger partial charge in [-0.15, -0.1) is 0 Å². The summed E-state index contributed by atoms with van der Waals surface area (Å²) in [6.45, 7) is 3.76. The molecule has 0 bridgehead atoms. The largest absolute Gasteiger partial charge is 0.292 e. The molecule has 1 heterocycles. The first-order valence-electron chi connectivity index (χ1n) is 5.88. The third kappa shape index (κ3) is 3.26. The van der Waals surface area contributed by atoms with Crippen LogP contribution in [0, 0.1) is 19.7 Å². The van der Waals surface area contributed by atoms with Crippen molar-refractivity contribution in [1.29, 1.82) is 0 Å². The highest BCUT2D eigenvalue weighted by molar-refractivity contribution is 9.10. The van der Waals surface area contributed by atoms with Crippen LogP contribution >= 0.6 is 15.9 Å². The van der Waals surface area contributed by atoms with Gasteiger partial charge in [-0.3, -0.25) is 9.78 Å². The van der Waals surface area contributed by atoms with Gasteiger partial charge in [-0.25, -0.2) is 4.39 Å². The van der Waals surface area contributed by atoms with E-state index in [2.05, 4.69) is 20.9 Å². The first-order valence-corrected chi connectivity index (χ1v) is 6.67. The fraction of sp³-hybridized carbons (Fsp3) is 0.200. The second-order valence-corrected chi connectivity index (χ2v) is 5.43. The van der Waals surface area contributed by atoms with Crippen molar-refractivity contribution in [3.8, 4) is 0 Å². The minimum atomic E-state index is -0.374. The molecule has 2 rings (SSSR count). The number of aryl methyl sites for hydroxylation is 2. The van der Waals surface area contributed by atoms with Gasteiger partial charge >= 0.3 is 0 Å². The van der Waals surface area contributed by atoms with Gasteiger partial charge in [-0.05, 0) is 48.7 Å². The number of benzene rings is 1. The molecule has 0 N–H and O–H groups in total. The molecule has 0 saturated heterocycles. The normalized spacial score (nSPS) is 10.5. The summed E-state index contributed by atoms with van der Waals surface area (Å²) in [5.41, 5.74) is 2.61. The lowest BCUT2D eigenvalue weighted by atomic mass is 10.0. The van der Waals surface area contributed by atoms with Crippen molar-refractivity contribution in [3.63, 3.8) is 0 Å². The summed E-state index contributed by atoms with van der Waals surface area (Å²) < 4.78 is 14.4. The van der Waals surface area contributed by atoms with Crippen molar-refractivity contribution >= 4 is 21.7 Å². The van der Waals surface area contributed by atoms with E-state index in [1.165, 1.54) is 6.07 Å². The van der Waals surface area contributed by atoms with Gasteiger partial charge in [0.1, 0.15) is 11.5 Å². The van der Waals surface area contributed by atoms with Crippen molar-refractivity contribution in [3.05, 3.63) is 63.1 Å². The van der Waals surface area contributed by atoms with Crippen LogP contribution in [0.15, 0.2) is 34.9 Å². The molecule has 0 aliphatic carbocycles. The van der Waals surface area contributed by atoms with Crippen LogP contribution in [-0.4, -0.2) is 10.8 Å². The molecule has 19 heavy (non-hydrogen) atoms. The molecule has 0 fully saturated rings. The Balaban J connectivity index is 2.28. The van der Waals surface area contributed by atoms with Crippen molar-refractivity contribution in [2.24, 2.45) is 0 Å². The van der Waals surface area contributed by atoms with Gasteiger partial charge in [0.2, 0.25) is 0 Å². The highest BCUT2D eigenvalue weighted by Gasteiger charge is 2.14. The molecule has 0 aliphatic heterocycles. The van der Waals surface area contributed by atoms with E-state index in [-0.39, 0.29) is 18.0 Å². The number of aromatic nitrogens is 1. The SMILES string of the molecule is Cc1cnc(C(=O)Cc2cc(Br)ccc2F)c(C)c1. The number of nitrogens with zero attached hydrogens (tertiary/aromatic N) is 1. The molecular formula is C15H13BrFNO. The third-order valence-electron chi connectivity index (χ3n) is 2.84. The van der Waals surface area contributed by atoms with E-state index in [4.69, 9.17) is 0 Å². The number of carbonyl (C=O) groups is 1. The van der Waals surface area contributed by atoms with Crippen LogP contribution in [0.4, 0.5) is 4.39 Å². The predicted molar refractivity (Wildman–Crippen MR) is 75.8 cm³/mol. The van der Waals surface area contributed by atoms with Crippen LogP contribution in [-0.2, 0) is 6.42 Å². The molecule has 0 aliphatic rings. The Morgan fingerprint density at radius 2 is 2.05 bits per heavy atom. The van der Waals surface area contributed by atoms with Crippen LogP contribution in [0.5, 0.6) is 0 Å². The number of Topliss-reactive ketones (excluding diaryl/α,β-unsaturated/α-hetero) is 1. The molecule has 0 saturated carbocycles. The van der Waals surface area contributed by atoms with Gasteiger partial charge in [0, 0.05) is 17.1 Å². The first-order chi connectivity index (χ1) is 8.97. The second-order valence-electron chi connectivity index (χ2n) is 4.51. The van der Waals surface area contributed by atoms with E-state index >= 15 is 0 Å². The lowest BCUT2D eigenvalue weighted by Gasteiger charge is -2.06. The highest BCUT2D eigenvalue weighted by atomic mass is 79.9. The summed E-state index contributed by atoms with van der Waals surface area (Å²) in [6.07, 6.45) is 1.67. The molecule has 1 aromatic heterocycles. The summed E-state index contributed by atoms with van der Waals surface area (Å²) in [7, 11) is 0. The van der Waals surface area contributed by atoms with Gasteiger partial charge in [0.25, 0.3) is 0 Å². The maximum Gasteiger partial charge on any atom is 0.185 e. The Morgan fingerprint density at radius 3 is 2.74 bits per heavy atom. The number of carbonyl (C=O) groups excluding carboxylic acids is 1. The standard InChI is InChI=1S/C15H13BrFNO/c1-9-5-10(2)15(18-8-9)14(19)7-11-6-12(16)3-4-13(11)17/h3-6,8H,7H2,1-2H3. The van der Waals surface area contributed by atoms with Crippen LogP contribution in [0.1, 0.15) is 27.2 Å². The zero-order valence-electron chi connectivity index (χ0n) is 10.7. The Labute approximate surface area is 119 Å². The molecule has 2 nitrogen and oxygen atoms in total. The Morgan fingerprint density at radius 1 is 1.32 bits per heavy atom. The van der Waals surface area contributed by atoms with Crippen molar-refractivity contribution in [1.82, 2.24) is 4.98 Å². The van der Waals surface area contributed by atoms with Gasteiger partial charge in [-0.2, -0.15) is 0 Å². The van der Waals surface area contributed by atoms with E-state index in [1.54, 1.807) is 18.3 Å². The van der Waals surface area contributed by atoms with Gasteiger partial charge in [-0.1, -0.05) is 22.0 Å². The quantitative estimate of drug-likeness (QED) is 0.799. The molecule has 0 atom stereocenters. The maximum atomic E-state index is 13.6. The summed E-state index contributed by atoms with van der Waals surface area (Å²) in [6, 6.07) is 6.48. The Hall–Kier alpha value is -1.55. The van der Waals surface area contributed by atoms with E-state index in [0.29, 0.717) is 11.3 Å². The van der Waals surface area contributed by atoms with E-state index in [0.717, 1.165) is 15.6 Å². The molecule has 0 radical (unpaired) electrons. The molecule has 2 aromatic rings. The van der Waals surface area contributed by atoms with Crippen LogP contribution < -0.4 is 0 Å². The number of hydrogen-bond acceptors (Lipinski definition) is 2. The highest BCUT2D eigenvalue weighted by Crippen LogP contribution is 2.18. The number of hydrogen-bond donors (Lipinski definition) is 0. The van der Waals surface area contributed by atoms with Crippen molar-refractivity contribution in [2.45, 2.75) is 20.3 Å². The van der Waals surface area contributed by atoms with Crippen LogP contribution in [0.25, 0.3) is 0 Å². The molecule has 4 heteroatoms. The van der Waals surface area contributed by atoms with Gasteiger partial charge < -0.3 is 0 Å². The third-order valence-corrected chi connectivity index (χ3v) is 3.33. The molecule has 1 aromatic carbocycles. The lowest BCUT2D eigenvalue weighted by molar-refractivity contribution is 0.0986. The topological polar surface area (TPSA) is 30.0 Å². The predicted octanol–water partition coefficient (Wildman–Crippen LogP) is 4.03. The fourth-order valence-electron chi connectivity index (χ4n) is 1.94. The lowest BCUT2D eigenvalue weighted by Crippen LogP contribution is -2.09. The number of pyridine rings is 1. The Bertz CT molecular complexity index is 640. The summed E-state index contributed by atoms with van der Waals surface area (Å²) in [5, 5.41) is 0. The molecule has 98 valence electrons. The minimum Gasteiger partial charge on any atom is -0.292 e. The molecule has 0 amide bonds. The van der Waals surface area contributed by atoms with Gasteiger partial charge in [0.05, 0.1) is 0 Å². The summed E-state index contributed by atoms with van der Waals surface area (Å²) >= 11 is 3.27. The van der Waals surface area contributed by atoms with Gasteiger partial charge in [0.15, 0.2) is 5.78 Å². The van der Waals surface area contributed by atoms with E-state index < -0.39 is 0 Å². The Kier molecular flexibility index (Phi) is 4.10. The monoisotopic (exact) mass is 321 g/mol. The van der Waals surface area contributed by atoms with E-state index in [1.807, 2.05) is 19.9 Å². The summed E-state index contributed by atoms with van der Waals surface area (Å²) in [4.78, 5) is 16.3. The second kappa shape index (κ2) is 5.61. The molecule has 0 unspecified atom stereocenters. The first kappa shape index (κ1) is 13.9. The molecular weight excluding hydrogens is 309 g/mol. The number of rotatable bonds is 3. The van der Waals surface area contributed by atoms with E-state index in [9.17, 15) is 9.18 Å². The fourth-order valence-corrected chi connectivity index (χ4v) is 2.35. The van der Waals surface area contributed by atoms with Crippen LogP contribution in [0.3, 0.4) is 0 Å². The molecule has 0 spiro atoms. The smallest absolute Gasteiger partial charge is 0.185 e. The number of ketones is 1. The number of halogens is 2. The zero-order valence-corrected chi connectivity index (χ0v) is 12.3. The van der Waals surface area contributed by atoms with Crippen LogP contribution in [0.2, 0.25) is 0 Å². The zero-order chi connectivity index (χ0) is 14.0. The maximum absolute atomic E-state index is 13.6. The van der Waals surface area contributed by atoms with Crippen molar-refractivity contribution < 1.29 is 9.18 Å². The minimum absolute atomic E-state index is 0.0160. The average molecular weight is 322 g/mol. The average Bonchev–Trinajstić information content (AvgIpc) is 2.33.